The lowest BCUT2D eigenvalue weighted by atomic mass is 10.1. The summed E-state index contributed by atoms with van der Waals surface area (Å²) in [5.41, 5.74) is -1.61. The lowest BCUT2D eigenvalue weighted by Gasteiger charge is -2.11. The van der Waals surface area contributed by atoms with Crippen LogP contribution in [0.15, 0.2) is 33.5 Å². The number of rotatable bonds is 4. The topological polar surface area (TPSA) is 136 Å². The molecule has 10 nitrogen and oxygen atoms in total. The Morgan fingerprint density at radius 2 is 2.00 bits per heavy atom. The lowest BCUT2D eigenvalue weighted by molar-refractivity contribution is -0.385. The Morgan fingerprint density at radius 1 is 1.30 bits per heavy atom. The van der Waals surface area contributed by atoms with Gasteiger partial charge in [0.1, 0.15) is 11.4 Å². The molecule has 2 N–H and O–H groups in total. The van der Waals surface area contributed by atoms with Gasteiger partial charge in [-0.2, -0.15) is 0 Å². The molecule has 0 unspecified atom stereocenters. The number of aromatic nitrogens is 2. The van der Waals surface area contributed by atoms with Gasteiger partial charge in [-0.25, -0.2) is 4.79 Å². The van der Waals surface area contributed by atoms with Crippen LogP contribution in [0.4, 0.5) is 11.5 Å². The molecule has 10 heteroatoms. The molecular weight excluding hydrogens is 356 g/mol. The maximum absolute atomic E-state index is 12.7. The number of phenols is 1. The van der Waals surface area contributed by atoms with E-state index < -0.39 is 33.4 Å². The molecule has 0 atom stereocenters. The number of anilines is 1. The quantitative estimate of drug-likeness (QED) is 0.468. The summed E-state index contributed by atoms with van der Waals surface area (Å²) in [6.07, 6.45) is 1.94. The van der Waals surface area contributed by atoms with Gasteiger partial charge in [0.15, 0.2) is 5.75 Å². The number of benzene rings is 1. The van der Waals surface area contributed by atoms with Crippen molar-refractivity contribution in [1.82, 2.24) is 9.13 Å². The Hall–Kier alpha value is -3.69. The molecule has 0 radical (unpaired) electrons. The molecular formula is C17H16N4O6. The molecule has 0 aliphatic carbocycles. The minimum absolute atomic E-state index is 0.0116. The Bertz CT molecular complexity index is 1130. The van der Waals surface area contributed by atoms with Gasteiger partial charge < -0.3 is 10.4 Å². The van der Waals surface area contributed by atoms with E-state index in [1.54, 1.807) is 0 Å². The molecule has 3 rings (SSSR count). The van der Waals surface area contributed by atoms with E-state index in [1.807, 2.05) is 6.92 Å². The maximum Gasteiger partial charge on any atom is 0.332 e. The van der Waals surface area contributed by atoms with Crippen molar-refractivity contribution in [3.8, 4) is 5.75 Å². The van der Waals surface area contributed by atoms with Crippen LogP contribution in [0.1, 0.15) is 29.3 Å². The molecule has 1 aliphatic rings. The summed E-state index contributed by atoms with van der Waals surface area (Å²) in [5, 5.41) is 23.3. The zero-order valence-corrected chi connectivity index (χ0v) is 14.6. The first-order valence-electron chi connectivity index (χ1n) is 8.11. The summed E-state index contributed by atoms with van der Waals surface area (Å²) in [4.78, 5) is 47.6. The second-order valence-corrected chi connectivity index (χ2v) is 6.04. The van der Waals surface area contributed by atoms with Gasteiger partial charge in [0.25, 0.3) is 5.56 Å². The molecule has 0 amide bonds. The van der Waals surface area contributed by atoms with Crippen LogP contribution in [0.25, 0.3) is 6.08 Å². The van der Waals surface area contributed by atoms with E-state index in [-0.39, 0.29) is 22.6 Å². The number of nitro groups is 1. The fourth-order valence-electron chi connectivity index (χ4n) is 2.90. The molecule has 2 aromatic rings. The highest BCUT2D eigenvalue weighted by atomic mass is 16.6. The van der Waals surface area contributed by atoms with Gasteiger partial charge in [0.2, 0.25) is 5.78 Å². The highest BCUT2D eigenvalue weighted by molar-refractivity contribution is 6.19. The Balaban J connectivity index is 2.14. The standard InChI is InChI=1S/C17H16N4O6/c1-3-6-20-15-13(16(24)19(2)17(20)25)14(23)10(18-15)7-9-4-5-12(22)11(8-9)21(26)27/h4-5,7-8,18,22H,3,6H2,1-2H3. The fourth-order valence-corrected chi connectivity index (χ4v) is 2.90. The number of Topliss-reactive ketones (excluding diaryl/α,β-unsaturated/α-hetero) is 1. The van der Waals surface area contributed by atoms with Gasteiger partial charge in [-0.05, 0) is 24.1 Å². The molecule has 2 heterocycles. The van der Waals surface area contributed by atoms with E-state index in [0.29, 0.717) is 13.0 Å². The van der Waals surface area contributed by atoms with E-state index in [1.165, 1.54) is 23.8 Å². The van der Waals surface area contributed by atoms with Gasteiger partial charge in [0, 0.05) is 19.7 Å². The molecule has 1 aliphatic heterocycles. The van der Waals surface area contributed by atoms with Crippen molar-refractivity contribution in [3.05, 3.63) is 66.0 Å². The summed E-state index contributed by atoms with van der Waals surface area (Å²) in [7, 11) is 1.30. The van der Waals surface area contributed by atoms with Crippen molar-refractivity contribution in [1.29, 1.82) is 0 Å². The van der Waals surface area contributed by atoms with Crippen LogP contribution in [0.3, 0.4) is 0 Å². The number of carbonyl (C=O) groups excluding carboxylic acids is 1. The zero-order valence-electron chi connectivity index (χ0n) is 14.6. The van der Waals surface area contributed by atoms with Crippen molar-refractivity contribution >= 4 is 23.4 Å². The molecule has 0 saturated carbocycles. The van der Waals surface area contributed by atoms with Crippen LogP contribution in [0.2, 0.25) is 0 Å². The van der Waals surface area contributed by atoms with Crippen LogP contribution >= 0.6 is 0 Å². The van der Waals surface area contributed by atoms with Crippen LogP contribution in [-0.2, 0) is 13.6 Å². The summed E-state index contributed by atoms with van der Waals surface area (Å²) >= 11 is 0. The highest BCUT2D eigenvalue weighted by Gasteiger charge is 2.32. The molecule has 27 heavy (non-hydrogen) atoms. The van der Waals surface area contributed by atoms with Crippen molar-refractivity contribution in [3.63, 3.8) is 0 Å². The number of nitrogens with zero attached hydrogens (tertiary/aromatic N) is 3. The number of hydrogen-bond donors (Lipinski definition) is 2. The summed E-state index contributed by atoms with van der Waals surface area (Å²) < 4.78 is 2.19. The van der Waals surface area contributed by atoms with Gasteiger partial charge in [-0.1, -0.05) is 13.0 Å². The van der Waals surface area contributed by atoms with E-state index in [4.69, 9.17) is 0 Å². The average molecular weight is 372 g/mol. The molecule has 140 valence electrons. The van der Waals surface area contributed by atoms with Crippen molar-refractivity contribution in [2.45, 2.75) is 19.9 Å². The first-order valence-corrected chi connectivity index (χ1v) is 8.11. The molecule has 0 spiro atoms. The molecule has 1 aromatic carbocycles. The molecule has 0 bridgehead atoms. The van der Waals surface area contributed by atoms with Crippen LogP contribution in [0.5, 0.6) is 5.75 Å². The number of phenolic OH excluding ortho intramolecular Hbond substituents is 1. The summed E-state index contributed by atoms with van der Waals surface area (Å²) in [6, 6.07) is 3.64. The first-order chi connectivity index (χ1) is 12.8. The Morgan fingerprint density at radius 3 is 2.63 bits per heavy atom. The van der Waals surface area contributed by atoms with Gasteiger partial charge in [-0.3, -0.25) is 28.8 Å². The minimum Gasteiger partial charge on any atom is -0.502 e. The molecule has 1 aromatic heterocycles. The van der Waals surface area contributed by atoms with Gasteiger partial charge in [0.05, 0.1) is 10.6 Å². The third-order valence-corrected chi connectivity index (χ3v) is 4.22. The van der Waals surface area contributed by atoms with E-state index in [2.05, 4.69) is 5.32 Å². The van der Waals surface area contributed by atoms with Gasteiger partial charge in [-0.15, -0.1) is 0 Å². The summed E-state index contributed by atoms with van der Waals surface area (Å²) in [5.74, 6) is -0.984. The molecule has 0 saturated heterocycles. The van der Waals surface area contributed by atoms with Crippen molar-refractivity contribution in [2.24, 2.45) is 7.05 Å². The second kappa shape index (κ2) is 6.56. The van der Waals surface area contributed by atoms with Crippen LogP contribution in [-0.4, -0.2) is 24.9 Å². The first kappa shape index (κ1) is 18.1. The number of aromatic hydroxyl groups is 1. The predicted octanol–water partition coefficient (Wildman–Crippen LogP) is 1.22. The lowest BCUT2D eigenvalue weighted by Crippen LogP contribution is -2.40. The number of nitro benzene ring substituents is 1. The normalized spacial score (nSPS) is 14.3. The largest absolute Gasteiger partial charge is 0.502 e. The number of nitrogens with one attached hydrogen (secondary N) is 1. The number of allylic oxidation sites excluding steroid dienone is 1. The summed E-state index contributed by atoms with van der Waals surface area (Å²) in [6.45, 7) is 2.17. The third-order valence-electron chi connectivity index (χ3n) is 4.22. The third kappa shape index (κ3) is 2.90. The Kier molecular flexibility index (Phi) is 4.40. The average Bonchev–Trinajstić information content (AvgIpc) is 2.94. The van der Waals surface area contributed by atoms with Crippen LogP contribution in [0, 0.1) is 10.1 Å². The minimum atomic E-state index is -0.745. The monoisotopic (exact) mass is 372 g/mol. The van der Waals surface area contributed by atoms with E-state index in [0.717, 1.165) is 16.7 Å². The van der Waals surface area contributed by atoms with E-state index >= 15 is 0 Å². The fraction of sp³-hybridized carbons (Fsp3) is 0.235. The number of ketones is 1. The second-order valence-electron chi connectivity index (χ2n) is 6.04. The Labute approximate surface area is 152 Å². The number of hydrogen-bond acceptors (Lipinski definition) is 7. The predicted molar refractivity (Wildman–Crippen MR) is 96.9 cm³/mol. The zero-order chi connectivity index (χ0) is 19.9. The maximum atomic E-state index is 12.7. The number of carbonyl (C=O) groups is 1. The van der Waals surface area contributed by atoms with Crippen LogP contribution < -0.4 is 16.6 Å². The van der Waals surface area contributed by atoms with Crippen molar-refractivity contribution < 1.29 is 14.8 Å². The number of fused-ring (bicyclic) bond motifs is 1. The molecule has 0 fully saturated rings. The van der Waals surface area contributed by atoms with Crippen molar-refractivity contribution in [2.75, 3.05) is 5.32 Å². The smallest absolute Gasteiger partial charge is 0.332 e. The highest BCUT2D eigenvalue weighted by Crippen LogP contribution is 2.30. The van der Waals surface area contributed by atoms with E-state index in [9.17, 15) is 29.6 Å². The van der Waals surface area contributed by atoms with Gasteiger partial charge >= 0.3 is 11.4 Å². The SMILES string of the molecule is CCCn1c2c(c(=O)n(C)c1=O)C(=O)C(=Cc1ccc(O)c([N+](=O)[O-])c1)N2.